The van der Waals surface area contributed by atoms with Crippen molar-refractivity contribution in [2.75, 3.05) is 27.2 Å². The van der Waals surface area contributed by atoms with Crippen LogP contribution in [-0.2, 0) is 31.3 Å². The lowest BCUT2D eigenvalue weighted by atomic mass is 9.84. The highest BCUT2D eigenvalue weighted by atomic mass is 16.3. The van der Waals surface area contributed by atoms with Crippen molar-refractivity contribution in [1.82, 2.24) is 19.8 Å². The topological polar surface area (TPSA) is 52.5 Å². The maximum Gasteiger partial charge on any atom is 0.124 e. The lowest BCUT2D eigenvalue weighted by Crippen LogP contribution is -2.24. The Labute approximate surface area is 199 Å². The summed E-state index contributed by atoms with van der Waals surface area (Å²) in [6, 6.07) is 16.4. The molecule has 1 aromatic carbocycles. The second-order valence-corrected chi connectivity index (χ2v) is 10.0. The number of pyridine rings is 2. The minimum absolute atomic E-state index is 0.0102. The first-order chi connectivity index (χ1) is 15.7. The van der Waals surface area contributed by atoms with Crippen LogP contribution in [0.3, 0.4) is 0 Å². The van der Waals surface area contributed by atoms with E-state index in [1.807, 2.05) is 36.7 Å². The lowest BCUT2D eigenvalue weighted by molar-refractivity contribution is 0.311. The van der Waals surface area contributed by atoms with E-state index < -0.39 is 0 Å². The van der Waals surface area contributed by atoms with Crippen LogP contribution >= 0.6 is 0 Å². The van der Waals surface area contributed by atoms with Gasteiger partial charge in [0.25, 0.3) is 0 Å². The van der Waals surface area contributed by atoms with Gasteiger partial charge in [0, 0.05) is 73.9 Å². The zero-order valence-electron chi connectivity index (χ0n) is 20.8. The van der Waals surface area contributed by atoms with Gasteiger partial charge >= 0.3 is 0 Å². The third kappa shape index (κ3) is 7.65. The summed E-state index contributed by atoms with van der Waals surface area (Å²) < 4.78 is 0. The van der Waals surface area contributed by atoms with Crippen LogP contribution in [0.2, 0.25) is 0 Å². The minimum atomic E-state index is 0.0102. The summed E-state index contributed by atoms with van der Waals surface area (Å²) in [7, 11) is 4.20. The highest BCUT2D eigenvalue weighted by Crippen LogP contribution is 2.32. The molecular weight excluding hydrogens is 408 g/mol. The number of aromatic hydroxyl groups is 1. The summed E-state index contributed by atoms with van der Waals surface area (Å²) in [6.07, 6.45) is 5.45. The molecule has 0 unspecified atom stereocenters. The Morgan fingerprint density at radius 1 is 0.758 bits per heavy atom. The Balaban J connectivity index is 1.71. The monoisotopic (exact) mass is 446 g/mol. The molecule has 0 bridgehead atoms. The number of aromatic nitrogens is 2. The van der Waals surface area contributed by atoms with Crippen molar-refractivity contribution < 1.29 is 5.11 Å². The van der Waals surface area contributed by atoms with E-state index in [0.29, 0.717) is 18.8 Å². The van der Waals surface area contributed by atoms with Gasteiger partial charge in [-0.15, -0.1) is 0 Å². The van der Waals surface area contributed by atoms with Crippen molar-refractivity contribution in [3.05, 3.63) is 89.0 Å². The van der Waals surface area contributed by atoms with Crippen LogP contribution in [0.1, 0.15) is 48.8 Å². The van der Waals surface area contributed by atoms with Gasteiger partial charge in [-0.1, -0.05) is 45.0 Å². The Kier molecular flexibility index (Phi) is 8.59. The average molecular weight is 447 g/mol. The first-order valence-electron chi connectivity index (χ1n) is 11.7. The van der Waals surface area contributed by atoms with Crippen molar-refractivity contribution >= 4 is 0 Å². The number of rotatable bonds is 10. The molecule has 2 aromatic heterocycles. The third-order valence-corrected chi connectivity index (χ3v) is 5.97. The molecule has 0 aliphatic rings. The molecule has 0 fully saturated rings. The molecule has 0 saturated carbocycles. The molecule has 33 heavy (non-hydrogen) atoms. The average Bonchev–Trinajstić information content (AvgIpc) is 2.79. The first kappa shape index (κ1) is 24.9. The molecule has 0 saturated heterocycles. The molecule has 5 heteroatoms. The molecule has 0 atom stereocenters. The van der Waals surface area contributed by atoms with E-state index in [-0.39, 0.29) is 5.41 Å². The van der Waals surface area contributed by atoms with E-state index in [1.165, 1.54) is 5.56 Å². The zero-order valence-corrected chi connectivity index (χ0v) is 20.8. The van der Waals surface area contributed by atoms with Crippen LogP contribution in [0.4, 0.5) is 0 Å². The molecule has 0 radical (unpaired) electrons. The maximum absolute atomic E-state index is 11.2. The molecule has 3 aromatic rings. The van der Waals surface area contributed by atoms with Gasteiger partial charge in [0.2, 0.25) is 0 Å². The smallest absolute Gasteiger partial charge is 0.124 e. The fourth-order valence-electron chi connectivity index (χ4n) is 3.88. The van der Waals surface area contributed by atoms with Gasteiger partial charge in [0.15, 0.2) is 0 Å². The predicted molar refractivity (Wildman–Crippen MR) is 135 cm³/mol. The highest BCUT2D eigenvalue weighted by Gasteiger charge is 2.20. The Morgan fingerprint density at radius 2 is 1.21 bits per heavy atom. The van der Waals surface area contributed by atoms with Crippen molar-refractivity contribution in [3.8, 4) is 5.75 Å². The van der Waals surface area contributed by atoms with E-state index in [0.717, 1.165) is 48.4 Å². The van der Waals surface area contributed by atoms with Crippen LogP contribution in [0.15, 0.2) is 60.9 Å². The van der Waals surface area contributed by atoms with Crippen molar-refractivity contribution in [2.24, 2.45) is 0 Å². The van der Waals surface area contributed by atoms with Crippen molar-refractivity contribution in [2.45, 2.75) is 52.1 Å². The van der Waals surface area contributed by atoms with E-state index in [2.05, 4.69) is 78.9 Å². The molecule has 1 N–H and O–H groups in total. The summed E-state index contributed by atoms with van der Waals surface area (Å²) in [5.41, 5.74) is 5.41. The molecule has 3 rings (SSSR count). The first-order valence-corrected chi connectivity index (χ1v) is 11.7. The quantitative estimate of drug-likeness (QED) is 0.483. The molecular formula is C28H38N4O. The number of likely N-dealkylation sites (N-methyl/N-ethyl adjacent to an activating group) is 2. The summed E-state index contributed by atoms with van der Waals surface area (Å²) >= 11 is 0. The van der Waals surface area contributed by atoms with Crippen LogP contribution in [-0.4, -0.2) is 52.1 Å². The van der Waals surface area contributed by atoms with Gasteiger partial charge in [0.1, 0.15) is 5.75 Å². The summed E-state index contributed by atoms with van der Waals surface area (Å²) in [5, 5.41) is 11.2. The normalized spacial score (nSPS) is 12.0. The Morgan fingerprint density at radius 3 is 1.58 bits per heavy atom. The van der Waals surface area contributed by atoms with E-state index >= 15 is 0 Å². The largest absolute Gasteiger partial charge is 0.507 e. The van der Waals surface area contributed by atoms with Gasteiger partial charge in [-0.2, -0.15) is 0 Å². The van der Waals surface area contributed by atoms with Crippen LogP contribution in [0, 0.1) is 0 Å². The number of benzene rings is 1. The maximum atomic E-state index is 11.2. The molecule has 0 aliphatic heterocycles. The van der Waals surface area contributed by atoms with Gasteiger partial charge in [-0.25, -0.2) is 0 Å². The number of phenolic OH excluding ortho intramolecular Hbond substituents is 1. The summed E-state index contributed by atoms with van der Waals surface area (Å²) in [6.45, 7) is 9.85. The predicted octanol–water partition coefficient (Wildman–Crippen LogP) is 4.83. The highest BCUT2D eigenvalue weighted by molar-refractivity contribution is 5.45. The summed E-state index contributed by atoms with van der Waals surface area (Å²) in [5.74, 6) is 0.414. The Bertz CT molecular complexity index is 927. The zero-order chi connectivity index (χ0) is 23.8. The number of phenols is 1. The molecule has 2 heterocycles. The third-order valence-electron chi connectivity index (χ3n) is 5.97. The molecule has 5 nitrogen and oxygen atoms in total. The molecule has 0 aliphatic carbocycles. The lowest BCUT2D eigenvalue weighted by Gasteiger charge is -2.26. The second kappa shape index (κ2) is 11.4. The van der Waals surface area contributed by atoms with Crippen LogP contribution in [0.25, 0.3) is 0 Å². The standard InChI is InChI=1S/C28H38N4O/c1-28(2,3)24-18-22(20-31(4)16-12-25-10-6-8-14-29-25)27(33)23(19-24)21-32(5)17-13-26-11-7-9-15-30-26/h6-11,14-15,18-19,33H,12-13,16-17,20-21H2,1-5H3. The van der Waals surface area contributed by atoms with Crippen LogP contribution < -0.4 is 0 Å². The van der Waals surface area contributed by atoms with Gasteiger partial charge in [0.05, 0.1) is 0 Å². The van der Waals surface area contributed by atoms with E-state index in [1.54, 1.807) is 0 Å². The van der Waals surface area contributed by atoms with Crippen molar-refractivity contribution in [3.63, 3.8) is 0 Å². The van der Waals surface area contributed by atoms with Crippen LogP contribution in [0.5, 0.6) is 5.75 Å². The fourth-order valence-corrected chi connectivity index (χ4v) is 3.88. The molecule has 0 amide bonds. The number of hydrogen-bond acceptors (Lipinski definition) is 5. The number of hydrogen-bond donors (Lipinski definition) is 1. The van der Waals surface area contributed by atoms with Gasteiger partial charge < -0.3 is 14.9 Å². The molecule has 176 valence electrons. The summed E-state index contributed by atoms with van der Waals surface area (Å²) in [4.78, 5) is 13.4. The minimum Gasteiger partial charge on any atom is -0.507 e. The fraction of sp³-hybridized carbons (Fsp3) is 0.429. The van der Waals surface area contributed by atoms with Crippen molar-refractivity contribution in [1.29, 1.82) is 0 Å². The number of nitrogens with zero attached hydrogens (tertiary/aromatic N) is 4. The Hall–Kier alpha value is -2.76. The van der Waals surface area contributed by atoms with Gasteiger partial charge in [-0.3, -0.25) is 9.97 Å². The van der Waals surface area contributed by atoms with E-state index in [4.69, 9.17) is 0 Å². The second-order valence-electron chi connectivity index (χ2n) is 10.0. The molecule has 0 spiro atoms. The SMILES string of the molecule is CN(CCc1ccccn1)Cc1cc(C(C)(C)C)cc(CN(C)CCc2ccccn2)c1O. The van der Waals surface area contributed by atoms with Gasteiger partial charge in [-0.05, 0) is 49.3 Å². The van der Waals surface area contributed by atoms with E-state index in [9.17, 15) is 5.11 Å².